The molecule has 0 radical (unpaired) electrons. The molecule has 68 valence electrons. The zero-order valence-corrected chi connectivity index (χ0v) is 8.65. The number of hydrogen-bond donors (Lipinski definition) is 1. The van der Waals surface area contributed by atoms with Gasteiger partial charge in [-0.2, -0.15) is 0 Å². The second-order valence-corrected chi connectivity index (χ2v) is 3.88. The third-order valence-corrected chi connectivity index (χ3v) is 2.74. The lowest BCUT2D eigenvalue weighted by molar-refractivity contribution is 1.25. The van der Waals surface area contributed by atoms with Gasteiger partial charge in [-0.05, 0) is 50.5 Å². The summed E-state index contributed by atoms with van der Waals surface area (Å²) in [4.78, 5) is 3.41. The van der Waals surface area contributed by atoms with Crippen molar-refractivity contribution in [2.75, 3.05) is 0 Å². The molecule has 0 aliphatic rings. The van der Waals surface area contributed by atoms with Crippen molar-refractivity contribution in [3.8, 4) is 0 Å². The third-order valence-electron chi connectivity index (χ3n) is 2.74. The number of H-pyrrole nitrogens is 1. The summed E-state index contributed by atoms with van der Waals surface area (Å²) >= 11 is 0. The molecule has 1 aromatic heterocycles. The van der Waals surface area contributed by atoms with Gasteiger partial charge < -0.3 is 4.98 Å². The van der Waals surface area contributed by atoms with Crippen molar-refractivity contribution in [2.45, 2.75) is 27.7 Å². The average molecular weight is 173 g/mol. The number of aromatic nitrogens is 1. The molecule has 1 heterocycles. The molecule has 0 aliphatic carbocycles. The Morgan fingerprint density at radius 2 is 1.69 bits per heavy atom. The van der Waals surface area contributed by atoms with Crippen molar-refractivity contribution in [3.63, 3.8) is 0 Å². The quantitative estimate of drug-likeness (QED) is 0.628. The van der Waals surface area contributed by atoms with Crippen LogP contribution in [0.2, 0.25) is 0 Å². The van der Waals surface area contributed by atoms with E-state index in [2.05, 4.69) is 44.8 Å². The van der Waals surface area contributed by atoms with E-state index in [1.165, 1.54) is 33.3 Å². The summed E-state index contributed by atoms with van der Waals surface area (Å²) in [5, 5.41) is 1.39. The van der Waals surface area contributed by atoms with Crippen molar-refractivity contribution in [1.29, 1.82) is 0 Å². The number of aryl methyl sites for hydroxylation is 4. The highest BCUT2D eigenvalue weighted by atomic mass is 14.7. The molecule has 0 spiro atoms. The summed E-state index contributed by atoms with van der Waals surface area (Å²) in [6.07, 6.45) is 0. The molecule has 1 N–H and O–H groups in total. The van der Waals surface area contributed by atoms with E-state index in [0.717, 1.165) is 0 Å². The van der Waals surface area contributed by atoms with Crippen LogP contribution in [0.25, 0.3) is 10.9 Å². The highest BCUT2D eigenvalue weighted by Crippen LogP contribution is 2.25. The lowest BCUT2D eigenvalue weighted by Crippen LogP contribution is -1.79. The molecule has 0 saturated heterocycles. The largest absolute Gasteiger partial charge is 0.358 e. The maximum atomic E-state index is 3.41. The van der Waals surface area contributed by atoms with Gasteiger partial charge in [0.25, 0.3) is 0 Å². The summed E-state index contributed by atoms with van der Waals surface area (Å²) in [6, 6.07) is 4.45. The molecule has 0 atom stereocenters. The van der Waals surface area contributed by atoms with Crippen molar-refractivity contribution < 1.29 is 0 Å². The fourth-order valence-corrected chi connectivity index (χ4v) is 2.05. The van der Waals surface area contributed by atoms with Crippen LogP contribution in [0.1, 0.15) is 22.4 Å². The predicted molar refractivity (Wildman–Crippen MR) is 57.2 cm³/mol. The monoisotopic (exact) mass is 173 g/mol. The van der Waals surface area contributed by atoms with Crippen molar-refractivity contribution >= 4 is 10.9 Å². The van der Waals surface area contributed by atoms with Crippen LogP contribution in [0.4, 0.5) is 0 Å². The topological polar surface area (TPSA) is 15.8 Å². The number of benzene rings is 1. The van der Waals surface area contributed by atoms with Crippen LogP contribution >= 0.6 is 0 Å². The molecule has 1 heteroatoms. The van der Waals surface area contributed by atoms with Gasteiger partial charge in [-0.1, -0.05) is 6.07 Å². The lowest BCUT2D eigenvalue weighted by atomic mass is 10.0. The van der Waals surface area contributed by atoms with Crippen LogP contribution in [0.15, 0.2) is 12.1 Å². The van der Waals surface area contributed by atoms with Gasteiger partial charge in [-0.3, -0.25) is 0 Å². The van der Waals surface area contributed by atoms with Gasteiger partial charge in [0.15, 0.2) is 0 Å². The standard InChI is InChI=1S/C12H15N/c1-7-5-8(2)12-9(3)10(4)13-11(12)6-7/h5-6,13H,1-4H3. The molecular formula is C12H15N. The SMILES string of the molecule is Cc1cc(C)c2c(C)c(C)[nH]c2c1. The number of aromatic amines is 1. The van der Waals surface area contributed by atoms with Gasteiger partial charge in [0.2, 0.25) is 0 Å². The first-order valence-corrected chi connectivity index (χ1v) is 4.65. The number of nitrogens with one attached hydrogen (secondary N) is 1. The zero-order chi connectivity index (χ0) is 9.59. The first-order chi connectivity index (χ1) is 6.09. The van der Waals surface area contributed by atoms with Crippen LogP contribution in [-0.4, -0.2) is 4.98 Å². The van der Waals surface area contributed by atoms with E-state index in [1.54, 1.807) is 0 Å². The summed E-state index contributed by atoms with van der Waals surface area (Å²) < 4.78 is 0. The van der Waals surface area contributed by atoms with Crippen molar-refractivity contribution in [1.82, 2.24) is 4.98 Å². The van der Waals surface area contributed by atoms with E-state index >= 15 is 0 Å². The minimum absolute atomic E-state index is 1.27. The Bertz CT molecular complexity index is 463. The maximum absolute atomic E-state index is 3.41. The van der Waals surface area contributed by atoms with Crippen LogP contribution in [0.3, 0.4) is 0 Å². The normalized spacial score (nSPS) is 11.1. The predicted octanol–water partition coefficient (Wildman–Crippen LogP) is 3.40. The summed E-state index contributed by atoms with van der Waals surface area (Å²) in [5.74, 6) is 0. The Hall–Kier alpha value is -1.24. The van der Waals surface area contributed by atoms with Crippen LogP contribution in [-0.2, 0) is 0 Å². The Labute approximate surface area is 78.8 Å². The smallest absolute Gasteiger partial charge is 0.0464 e. The molecule has 13 heavy (non-hydrogen) atoms. The van der Waals surface area contributed by atoms with Gasteiger partial charge in [0.05, 0.1) is 0 Å². The molecule has 2 aromatic rings. The second kappa shape index (κ2) is 2.63. The van der Waals surface area contributed by atoms with Gasteiger partial charge in [0, 0.05) is 16.6 Å². The van der Waals surface area contributed by atoms with Gasteiger partial charge >= 0.3 is 0 Å². The van der Waals surface area contributed by atoms with Gasteiger partial charge in [-0.15, -0.1) is 0 Å². The van der Waals surface area contributed by atoms with Crippen molar-refractivity contribution in [2.24, 2.45) is 0 Å². The molecule has 0 unspecified atom stereocenters. The molecule has 1 aromatic carbocycles. The first-order valence-electron chi connectivity index (χ1n) is 4.65. The Kier molecular flexibility index (Phi) is 1.69. The van der Waals surface area contributed by atoms with Crippen molar-refractivity contribution in [3.05, 3.63) is 34.5 Å². The summed E-state index contributed by atoms with van der Waals surface area (Å²) in [5.41, 5.74) is 6.63. The molecule has 0 amide bonds. The summed E-state index contributed by atoms with van der Waals surface area (Å²) in [6.45, 7) is 8.62. The first kappa shape index (κ1) is 8.36. The molecular weight excluding hydrogens is 158 g/mol. The fourth-order valence-electron chi connectivity index (χ4n) is 2.05. The van der Waals surface area contributed by atoms with Crippen LogP contribution < -0.4 is 0 Å². The van der Waals surface area contributed by atoms with E-state index in [-0.39, 0.29) is 0 Å². The van der Waals surface area contributed by atoms with Gasteiger partial charge in [0.1, 0.15) is 0 Å². The molecule has 0 saturated carbocycles. The Morgan fingerprint density at radius 3 is 2.38 bits per heavy atom. The maximum Gasteiger partial charge on any atom is 0.0464 e. The highest BCUT2D eigenvalue weighted by molar-refractivity contribution is 5.88. The van der Waals surface area contributed by atoms with E-state index in [0.29, 0.717) is 0 Å². The van der Waals surface area contributed by atoms with E-state index in [4.69, 9.17) is 0 Å². The third kappa shape index (κ3) is 1.15. The molecule has 1 nitrogen and oxygen atoms in total. The van der Waals surface area contributed by atoms with E-state index in [9.17, 15) is 0 Å². The van der Waals surface area contributed by atoms with Crippen LogP contribution in [0.5, 0.6) is 0 Å². The minimum atomic E-state index is 1.27. The molecule has 0 fully saturated rings. The number of fused-ring (bicyclic) bond motifs is 1. The zero-order valence-electron chi connectivity index (χ0n) is 8.65. The molecule has 2 rings (SSSR count). The van der Waals surface area contributed by atoms with Gasteiger partial charge in [-0.25, -0.2) is 0 Å². The summed E-state index contributed by atoms with van der Waals surface area (Å²) in [7, 11) is 0. The minimum Gasteiger partial charge on any atom is -0.358 e. The molecule has 0 bridgehead atoms. The highest BCUT2D eigenvalue weighted by Gasteiger charge is 2.06. The average Bonchev–Trinajstić information content (AvgIpc) is 2.27. The second-order valence-electron chi connectivity index (χ2n) is 3.88. The molecule has 0 aliphatic heterocycles. The lowest BCUT2D eigenvalue weighted by Gasteiger charge is -1.99. The number of rotatable bonds is 0. The van der Waals surface area contributed by atoms with E-state index in [1.807, 2.05) is 0 Å². The Balaban J connectivity index is 2.94. The van der Waals surface area contributed by atoms with E-state index < -0.39 is 0 Å². The Morgan fingerprint density at radius 1 is 1.00 bits per heavy atom. The number of hydrogen-bond acceptors (Lipinski definition) is 0. The van der Waals surface area contributed by atoms with Crippen LogP contribution in [0, 0.1) is 27.7 Å². The fraction of sp³-hybridized carbons (Fsp3) is 0.333.